The van der Waals surface area contributed by atoms with Crippen molar-refractivity contribution in [3.05, 3.63) is 29.8 Å². The number of nitrogens with zero attached hydrogens (tertiary/aromatic N) is 1. The molecule has 1 aromatic rings. The molecule has 0 spiro atoms. The second-order valence-electron chi connectivity index (χ2n) is 4.42. The lowest BCUT2D eigenvalue weighted by molar-refractivity contribution is 0.0697. The van der Waals surface area contributed by atoms with E-state index in [0.717, 1.165) is 24.7 Å². The zero-order chi connectivity index (χ0) is 11.5. The molecule has 0 radical (unpaired) electrons. The lowest BCUT2D eigenvalue weighted by Crippen LogP contribution is -2.46. The molecule has 1 fully saturated rings. The maximum absolute atomic E-state index is 10.8. The topological polar surface area (TPSA) is 40.5 Å². The molecular formula is C13H17NO2. The third-order valence-corrected chi connectivity index (χ3v) is 3.11. The SMILES string of the molecule is CCCC1CN(c2cccc(C(=O)O)c2)C1. The Morgan fingerprint density at radius 2 is 2.25 bits per heavy atom. The van der Waals surface area contributed by atoms with Gasteiger partial charge in [0.15, 0.2) is 0 Å². The summed E-state index contributed by atoms with van der Waals surface area (Å²) in [6, 6.07) is 7.18. The van der Waals surface area contributed by atoms with E-state index in [0.29, 0.717) is 5.56 Å². The third kappa shape index (κ3) is 2.18. The Labute approximate surface area is 95.7 Å². The highest BCUT2D eigenvalue weighted by atomic mass is 16.4. The highest BCUT2D eigenvalue weighted by Crippen LogP contribution is 2.27. The average Bonchev–Trinajstić information content (AvgIpc) is 2.23. The van der Waals surface area contributed by atoms with Crippen molar-refractivity contribution in [3.8, 4) is 0 Å². The van der Waals surface area contributed by atoms with Crippen LogP contribution >= 0.6 is 0 Å². The van der Waals surface area contributed by atoms with E-state index < -0.39 is 5.97 Å². The summed E-state index contributed by atoms with van der Waals surface area (Å²) in [6.45, 7) is 4.33. The van der Waals surface area contributed by atoms with Gasteiger partial charge in [-0.1, -0.05) is 19.4 Å². The first-order valence-corrected chi connectivity index (χ1v) is 5.79. The lowest BCUT2D eigenvalue weighted by atomic mass is 9.94. The molecule has 1 heterocycles. The van der Waals surface area contributed by atoms with E-state index in [1.807, 2.05) is 12.1 Å². The molecule has 0 bridgehead atoms. The summed E-state index contributed by atoms with van der Waals surface area (Å²) in [4.78, 5) is 13.1. The minimum Gasteiger partial charge on any atom is -0.478 e. The van der Waals surface area contributed by atoms with Gasteiger partial charge in [-0.15, -0.1) is 0 Å². The Bertz CT molecular complexity index is 383. The number of carbonyl (C=O) groups is 1. The predicted molar refractivity (Wildman–Crippen MR) is 64.0 cm³/mol. The summed E-state index contributed by atoms with van der Waals surface area (Å²) in [5.74, 6) is -0.0639. The standard InChI is InChI=1S/C13H17NO2/c1-2-4-10-8-14(9-10)12-6-3-5-11(7-12)13(15)16/h3,5-7,10H,2,4,8-9H2,1H3,(H,15,16). The lowest BCUT2D eigenvalue weighted by Gasteiger charge is -2.41. The molecule has 1 aliphatic rings. The maximum Gasteiger partial charge on any atom is 0.335 e. The molecule has 1 aromatic carbocycles. The molecule has 2 rings (SSSR count). The number of carboxylic acids is 1. The van der Waals surface area contributed by atoms with Gasteiger partial charge in [-0.2, -0.15) is 0 Å². The molecule has 0 unspecified atom stereocenters. The first kappa shape index (κ1) is 11.0. The zero-order valence-electron chi connectivity index (χ0n) is 9.52. The zero-order valence-corrected chi connectivity index (χ0v) is 9.52. The van der Waals surface area contributed by atoms with Crippen molar-refractivity contribution in [2.75, 3.05) is 18.0 Å². The van der Waals surface area contributed by atoms with Gasteiger partial charge in [-0.25, -0.2) is 4.79 Å². The molecule has 3 nitrogen and oxygen atoms in total. The minimum atomic E-state index is -0.854. The number of rotatable bonds is 4. The van der Waals surface area contributed by atoms with Crippen molar-refractivity contribution < 1.29 is 9.90 Å². The van der Waals surface area contributed by atoms with Gasteiger partial charge in [0.05, 0.1) is 5.56 Å². The molecule has 86 valence electrons. The first-order valence-electron chi connectivity index (χ1n) is 5.79. The largest absolute Gasteiger partial charge is 0.478 e. The fourth-order valence-electron chi connectivity index (χ4n) is 2.21. The summed E-state index contributed by atoms with van der Waals surface area (Å²) >= 11 is 0. The molecule has 0 aromatic heterocycles. The monoisotopic (exact) mass is 219 g/mol. The van der Waals surface area contributed by atoms with E-state index >= 15 is 0 Å². The molecule has 3 heteroatoms. The van der Waals surface area contributed by atoms with Gasteiger partial charge in [-0.3, -0.25) is 0 Å². The summed E-state index contributed by atoms with van der Waals surface area (Å²) in [7, 11) is 0. The van der Waals surface area contributed by atoms with Crippen molar-refractivity contribution in [2.45, 2.75) is 19.8 Å². The summed E-state index contributed by atoms with van der Waals surface area (Å²) in [5.41, 5.74) is 1.41. The Morgan fingerprint density at radius 3 is 2.88 bits per heavy atom. The van der Waals surface area contributed by atoms with Crippen molar-refractivity contribution in [1.82, 2.24) is 0 Å². The van der Waals surface area contributed by atoms with Crippen molar-refractivity contribution >= 4 is 11.7 Å². The van der Waals surface area contributed by atoms with Crippen LogP contribution in [0.25, 0.3) is 0 Å². The van der Waals surface area contributed by atoms with Crippen LogP contribution in [0.4, 0.5) is 5.69 Å². The number of aromatic carboxylic acids is 1. The number of anilines is 1. The predicted octanol–water partition coefficient (Wildman–Crippen LogP) is 2.62. The van der Waals surface area contributed by atoms with Gasteiger partial charge in [0.25, 0.3) is 0 Å². The van der Waals surface area contributed by atoms with Gasteiger partial charge in [-0.05, 0) is 30.5 Å². The molecule has 1 saturated heterocycles. The van der Waals surface area contributed by atoms with Gasteiger partial charge >= 0.3 is 5.97 Å². The van der Waals surface area contributed by atoms with E-state index in [2.05, 4.69) is 11.8 Å². The van der Waals surface area contributed by atoms with Crippen LogP contribution in [0.1, 0.15) is 30.1 Å². The van der Waals surface area contributed by atoms with Crippen LogP contribution in [0.5, 0.6) is 0 Å². The Morgan fingerprint density at radius 1 is 1.50 bits per heavy atom. The van der Waals surface area contributed by atoms with Gasteiger partial charge in [0.1, 0.15) is 0 Å². The fourth-order valence-corrected chi connectivity index (χ4v) is 2.21. The molecule has 0 saturated carbocycles. The Kier molecular flexibility index (Phi) is 3.13. The van der Waals surface area contributed by atoms with Crippen LogP contribution in [0, 0.1) is 5.92 Å². The quantitative estimate of drug-likeness (QED) is 0.846. The van der Waals surface area contributed by atoms with E-state index in [-0.39, 0.29) is 0 Å². The van der Waals surface area contributed by atoms with E-state index in [1.54, 1.807) is 12.1 Å². The molecule has 16 heavy (non-hydrogen) atoms. The molecule has 0 atom stereocenters. The maximum atomic E-state index is 10.8. The smallest absolute Gasteiger partial charge is 0.335 e. The van der Waals surface area contributed by atoms with E-state index in [1.165, 1.54) is 12.8 Å². The average molecular weight is 219 g/mol. The second kappa shape index (κ2) is 4.56. The van der Waals surface area contributed by atoms with E-state index in [9.17, 15) is 4.79 Å². The van der Waals surface area contributed by atoms with Crippen LogP contribution in [0.15, 0.2) is 24.3 Å². The van der Waals surface area contributed by atoms with Crippen molar-refractivity contribution in [2.24, 2.45) is 5.92 Å². The minimum absolute atomic E-state index is 0.372. The fraction of sp³-hybridized carbons (Fsp3) is 0.462. The number of carboxylic acid groups (broad SMARTS) is 1. The van der Waals surface area contributed by atoms with Crippen LogP contribution in [-0.2, 0) is 0 Å². The molecule has 0 amide bonds. The Hall–Kier alpha value is -1.51. The summed E-state index contributed by atoms with van der Waals surface area (Å²) < 4.78 is 0. The van der Waals surface area contributed by atoms with Gasteiger partial charge < -0.3 is 10.0 Å². The number of benzene rings is 1. The van der Waals surface area contributed by atoms with Crippen LogP contribution in [0.2, 0.25) is 0 Å². The van der Waals surface area contributed by atoms with Gasteiger partial charge in [0, 0.05) is 18.8 Å². The number of hydrogen-bond acceptors (Lipinski definition) is 2. The second-order valence-corrected chi connectivity index (χ2v) is 4.42. The first-order chi connectivity index (χ1) is 7.70. The summed E-state index contributed by atoms with van der Waals surface area (Å²) in [5, 5.41) is 8.90. The van der Waals surface area contributed by atoms with Crippen LogP contribution in [-0.4, -0.2) is 24.2 Å². The third-order valence-electron chi connectivity index (χ3n) is 3.11. The normalized spacial score (nSPS) is 15.9. The molecule has 1 N–H and O–H groups in total. The highest BCUT2D eigenvalue weighted by Gasteiger charge is 2.26. The highest BCUT2D eigenvalue weighted by molar-refractivity contribution is 5.88. The van der Waals surface area contributed by atoms with E-state index in [4.69, 9.17) is 5.11 Å². The molecule has 0 aliphatic carbocycles. The molecule has 1 aliphatic heterocycles. The molecular weight excluding hydrogens is 202 g/mol. The number of hydrogen-bond donors (Lipinski definition) is 1. The van der Waals surface area contributed by atoms with Crippen LogP contribution in [0.3, 0.4) is 0 Å². The Balaban J connectivity index is 2.01. The van der Waals surface area contributed by atoms with Crippen molar-refractivity contribution in [1.29, 1.82) is 0 Å². The van der Waals surface area contributed by atoms with Gasteiger partial charge in [0.2, 0.25) is 0 Å². The van der Waals surface area contributed by atoms with Crippen LogP contribution < -0.4 is 4.90 Å². The van der Waals surface area contributed by atoms with Crippen molar-refractivity contribution in [3.63, 3.8) is 0 Å². The summed E-state index contributed by atoms with van der Waals surface area (Å²) in [6.07, 6.45) is 2.50.